The van der Waals surface area contributed by atoms with E-state index in [1.54, 1.807) is 7.11 Å². The molecule has 0 saturated carbocycles. The number of benzene rings is 2. The first-order valence-electron chi connectivity index (χ1n) is 7.81. The predicted molar refractivity (Wildman–Crippen MR) is 96.0 cm³/mol. The molecule has 2 aromatic rings. The number of allylic oxidation sites excluding steroid dienone is 2. The van der Waals surface area contributed by atoms with Crippen LogP contribution in [-0.4, -0.2) is 13.4 Å². The maximum absolute atomic E-state index is 10.8. The average molecular weight is 308 g/mol. The Morgan fingerprint density at radius 2 is 1.61 bits per heavy atom. The van der Waals surface area contributed by atoms with Crippen molar-refractivity contribution >= 4 is 11.9 Å². The number of carbonyl (C=O) groups is 1. The molecule has 0 atom stereocenters. The topological polar surface area (TPSA) is 26.3 Å². The van der Waals surface area contributed by atoms with E-state index in [0.717, 1.165) is 18.5 Å². The Balaban J connectivity index is 2.33. The van der Waals surface area contributed by atoms with Gasteiger partial charge in [-0.1, -0.05) is 63.2 Å². The van der Waals surface area contributed by atoms with Crippen LogP contribution in [0.15, 0.2) is 54.6 Å². The van der Waals surface area contributed by atoms with Crippen LogP contribution < -0.4 is 4.74 Å². The molecule has 0 aromatic heterocycles. The fourth-order valence-electron chi connectivity index (χ4n) is 2.50. The van der Waals surface area contributed by atoms with Crippen LogP contribution in [-0.2, 0) is 6.42 Å². The summed E-state index contributed by atoms with van der Waals surface area (Å²) >= 11 is 0. The van der Waals surface area contributed by atoms with Gasteiger partial charge in [-0.2, -0.15) is 0 Å². The lowest BCUT2D eigenvalue weighted by atomic mass is 9.88. The first-order valence-corrected chi connectivity index (χ1v) is 7.81. The average Bonchev–Trinajstić information content (AvgIpc) is 2.54. The van der Waals surface area contributed by atoms with E-state index in [1.807, 2.05) is 36.4 Å². The first kappa shape index (κ1) is 17.0. The zero-order valence-corrected chi connectivity index (χ0v) is 14.3. The second-order valence-corrected chi connectivity index (χ2v) is 6.80. The third-order valence-electron chi connectivity index (χ3n) is 3.58. The van der Waals surface area contributed by atoms with Crippen LogP contribution in [0.25, 0.3) is 5.57 Å². The number of rotatable bonds is 5. The van der Waals surface area contributed by atoms with Crippen LogP contribution in [0, 0.1) is 5.41 Å². The van der Waals surface area contributed by atoms with E-state index >= 15 is 0 Å². The van der Waals surface area contributed by atoms with Crippen LogP contribution in [0.1, 0.15) is 42.3 Å². The Morgan fingerprint density at radius 1 is 1.00 bits per heavy atom. The molecule has 0 bridgehead atoms. The molecule has 0 saturated heterocycles. The van der Waals surface area contributed by atoms with Crippen LogP contribution in [0.2, 0.25) is 0 Å². The van der Waals surface area contributed by atoms with E-state index < -0.39 is 0 Å². The summed E-state index contributed by atoms with van der Waals surface area (Å²) in [7, 11) is 1.68. The number of ether oxygens (including phenoxy) is 1. The van der Waals surface area contributed by atoms with Crippen LogP contribution in [0.4, 0.5) is 0 Å². The van der Waals surface area contributed by atoms with Gasteiger partial charge >= 0.3 is 0 Å². The summed E-state index contributed by atoms with van der Waals surface area (Å²) in [6, 6.07) is 15.9. The second kappa shape index (κ2) is 7.28. The van der Waals surface area contributed by atoms with Gasteiger partial charge in [0.25, 0.3) is 0 Å². The summed E-state index contributed by atoms with van der Waals surface area (Å²) < 4.78 is 5.24. The van der Waals surface area contributed by atoms with Gasteiger partial charge in [-0.25, -0.2) is 0 Å². The van der Waals surface area contributed by atoms with Crippen LogP contribution >= 0.6 is 0 Å². The molecule has 0 radical (unpaired) electrons. The largest absolute Gasteiger partial charge is 0.497 e. The van der Waals surface area contributed by atoms with Gasteiger partial charge in [0.1, 0.15) is 12.0 Å². The second-order valence-electron chi connectivity index (χ2n) is 6.80. The smallest absolute Gasteiger partial charge is 0.150 e. The third kappa shape index (κ3) is 5.10. The van der Waals surface area contributed by atoms with Gasteiger partial charge in [0.2, 0.25) is 0 Å². The quantitative estimate of drug-likeness (QED) is 0.711. The number of carbonyl (C=O) groups excluding carboxylic acids is 1. The molecule has 0 aliphatic carbocycles. The maximum atomic E-state index is 10.8. The van der Waals surface area contributed by atoms with Crippen LogP contribution in [0.5, 0.6) is 5.75 Å². The SMILES string of the molecule is COc1ccc(/C(=C/C(C)(C)C)Cc2ccc(C=O)cc2)cc1. The van der Waals surface area contributed by atoms with Crippen molar-refractivity contribution in [2.24, 2.45) is 5.41 Å². The molecule has 2 rings (SSSR count). The highest BCUT2D eigenvalue weighted by Gasteiger charge is 2.11. The first-order chi connectivity index (χ1) is 10.9. The van der Waals surface area contributed by atoms with Crippen LogP contribution in [0.3, 0.4) is 0 Å². The summed E-state index contributed by atoms with van der Waals surface area (Å²) in [5, 5.41) is 0. The van der Waals surface area contributed by atoms with Gasteiger partial charge in [0.05, 0.1) is 7.11 Å². The van der Waals surface area contributed by atoms with Gasteiger partial charge in [0.15, 0.2) is 0 Å². The Morgan fingerprint density at radius 3 is 2.09 bits per heavy atom. The molecular formula is C21H24O2. The summed E-state index contributed by atoms with van der Waals surface area (Å²) in [6.45, 7) is 6.60. The minimum absolute atomic E-state index is 0.0952. The molecule has 0 aliphatic heterocycles. The van der Waals surface area contributed by atoms with E-state index in [-0.39, 0.29) is 5.41 Å². The molecule has 2 heteroatoms. The lowest BCUT2D eigenvalue weighted by Gasteiger charge is -2.17. The molecule has 120 valence electrons. The lowest BCUT2D eigenvalue weighted by Crippen LogP contribution is -2.03. The van der Waals surface area contributed by atoms with E-state index in [4.69, 9.17) is 4.74 Å². The minimum atomic E-state index is 0.0952. The van der Waals surface area contributed by atoms with Crippen molar-refractivity contribution in [2.75, 3.05) is 7.11 Å². The summed E-state index contributed by atoms with van der Waals surface area (Å²) in [5.41, 5.74) is 4.47. The van der Waals surface area contributed by atoms with Crippen molar-refractivity contribution in [3.63, 3.8) is 0 Å². The summed E-state index contributed by atoms with van der Waals surface area (Å²) in [5.74, 6) is 0.860. The normalized spacial score (nSPS) is 12.1. The Kier molecular flexibility index (Phi) is 5.38. The highest BCUT2D eigenvalue weighted by Crippen LogP contribution is 2.28. The zero-order chi connectivity index (χ0) is 16.9. The van der Waals surface area contributed by atoms with Crippen molar-refractivity contribution in [3.8, 4) is 5.75 Å². The van der Waals surface area contributed by atoms with Gasteiger partial charge in [0, 0.05) is 5.56 Å². The minimum Gasteiger partial charge on any atom is -0.497 e. The van der Waals surface area contributed by atoms with E-state index in [1.165, 1.54) is 16.7 Å². The van der Waals surface area contributed by atoms with E-state index in [2.05, 4.69) is 39.0 Å². The van der Waals surface area contributed by atoms with Gasteiger partial charge in [-0.15, -0.1) is 0 Å². The maximum Gasteiger partial charge on any atom is 0.150 e. The monoisotopic (exact) mass is 308 g/mol. The fraction of sp³-hybridized carbons (Fsp3) is 0.286. The summed E-state index contributed by atoms with van der Waals surface area (Å²) in [4.78, 5) is 10.8. The van der Waals surface area contributed by atoms with E-state index in [9.17, 15) is 4.79 Å². The molecule has 0 spiro atoms. The Hall–Kier alpha value is -2.35. The molecule has 0 amide bonds. The van der Waals surface area contributed by atoms with Gasteiger partial charge in [-0.05, 0) is 40.7 Å². The number of hydrogen-bond donors (Lipinski definition) is 0. The predicted octanol–water partition coefficient (Wildman–Crippen LogP) is 5.18. The number of methoxy groups -OCH3 is 1. The van der Waals surface area contributed by atoms with Crippen molar-refractivity contribution in [1.29, 1.82) is 0 Å². The molecule has 0 fully saturated rings. The molecule has 0 heterocycles. The highest BCUT2D eigenvalue weighted by molar-refractivity contribution is 5.75. The van der Waals surface area contributed by atoms with Crippen molar-refractivity contribution < 1.29 is 9.53 Å². The Labute approximate surface area is 138 Å². The number of aldehydes is 1. The lowest BCUT2D eigenvalue weighted by molar-refractivity contribution is 0.112. The fourth-order valence-corrected chi connectivity index (χ4v) is 2.50. The highest BCUT2D eigenvalue weighted by atomic mass is 16.5. The Bertz CT molecular complexity index is 671. The standard InChI is InChI=1S/C21H24O2/c1-21(2,3)14-19(18-9-11-20(23-4)12-10-18)13-16-5-7-17(15-22)8-6-16/h5-12,14-15H,13H2,1-4H3/b19-14+. The molecule has 0 aliphatic rings. The van der Waals surface area contributed by atoms with E-state index in [0.29, 0.717) is 5.56 Å². The summed E-state index contributed by atoms with van der Waals surface area (Å²) in [6.07, 6.45) is 4.02. The van der Waals surface area contributed by atoms with Crippen molar-refractivity contribution in [1.82, 2.24) is 0 Å². The van der Waals surface area contributed by atoms with Gasteiger partial charge < -0.3 is 4.74 Å². The third-order valence-corrected chi connectivity index (χ3v) is 3.58. The van der Waals surface area contributed by atoms with Crippen molar-refractivity contribution in [2.45, 2.75) is 27.2 Å². The zero-order valence-electron chi connectivity index (χ0n) is 14.3. The van der Waals surface area contributed by atoms with Gasteiger partial charge in [-0.3, -0.25) is 4.79 Å². The van der Waals surface area contributed by atoms with Crippen molar-refractivity contribution in [3.05, 3.63) is 71.3 Å². The molecule has 2 nitrogen and oxygen atoms in total. The molecule has 0 N–H and O–H groups in total. The molecular weight excluding hydrogens is 284 g/mol. The molecule has 2 aromatic carbocycles. The molecule has 23 heavy (non-hydrogen) atoms. The molecule has 0 unspecified atom stereocenters. The number of hydrogen-bond acceptors (Lipinski definition) is 2.